The topological polar surface area (TPSA) is 127 Å². The first kappa shape index (κ1) is 23.5. The number of phenols is 1. The van der Waals surface area contributed by atoms with Crippen LogP contribution in [0.1, 0.15) is 22.3 Å². The summed E-state index contributed by atoms with van der Waals surface area (Å²) < 4.78 is 26.3. The van der Waals surface area contributed by atoms with E-state index < -0.39 is 32.1 Å². The minimum absolute atomic E-state index is 0.136. The second-order valence-corrected chi connectivity index (χ2v) is 10.9. The maximum atomic E-state index is 13.2. The first-order valence-corrected chi connectivity index (χ1v) is 12.6. The van der Waals surface area contributed by atoms with Crippen LogP contribution in [0.15, 0.2) is 69.3 Å². The van der Waals surface area contributed by atoms with E-state index in [9.17, 15) is 28.4 Å². The number of aryl methyl sites for hydroxylation is 2. The number of rotatable bonds is 5. The molecule has 0 aliphatic carbocycles. The van der Waals surface area contributed by atoms with Gasteiger partial charge < -0.3 is 10.4 Å². The Morgan fingerprint density at radius 1 is 1.09 bits per heavy atom. The molecule has 4 rings (SSSR count). The quantitative estimate of drug-likeness (QED) is 0.290. The third kappa shape index (κ3) is 4.68. The molecule has 34 heavy (non-hydrogen) atoms. The molecule has 0 saturated heterocycles. The van der Waals surface area contributed by atoms with Crippen LogP contribution in [0.25, 0.3) is 6.08 Å². The van der Waals surface area contributed by atoms with Gasteiger partial charge in [0.25, 0.3) is 5.91 Å². The Morgan fingerprint density at radius 2 is 1.79 bits per heavy atom. The molecule has 1 aliphatic heterocycles. The van der Waals surface area contributed by atoms with Crippen molar-refractivity contribution in [3.63, 3.8) is 0 Å². The van der Waals surface area contributed by atoms with Crippen molar-refractivity contribution in [3.8, 4) is 5.75 Å². The van der Waals surface area contributed by atoms with Crippen molar-refractivity contribution in [2.45, 2.75) is 29.4 Å². The van der Waals surface area contributed by atoms with E-state index in [0.717, 1.165) is 34.5 Å². The molecule has 0 unspecified atom stereocenters. The van der Waals surface area contributed by atoms with E-state index in [2.05, 4.69) is 5.32 Å². The first-order valence-electron chi connectivity index (χ1n) is 10.2. The molecule has 3 aromatic rings. The van der Waals surface area contributed by atoms with E-state index in [1.54, 1.807) is 6.07 Å². The number of benzene rings is 3. The van der Waals surface area contributed by atoms with Crippen LogP contribution in [0.2, 0.25) is 0 Å². The Kier molecular flexibility index (Phi) is 6.20. The molecule has 0 saturated carbocycles. The van der Waals surface area contributed by atoms with E-state index in [0.29, 0.717) is 16.1 Å². The Morgan fingerprint density at radius 3 is 2.47 bits per heavy atom. The van der Waals surface area contributed by atoms with Crippen molar-refractivity contribution in [2.75, 3.05) is 5.32 Å². The third-order valence-electron chi connectivity index (χ3n) is 5.48. The van der Waals surface area contributed by atoms with Gasteiger partial charge in [0.05, 0.1) is 26.2 Å². The number of amides is 1. The summed E-state index contributed by atoms with van der Waals surface area (Å²) in [6.07, 6.45) is 1.45. The number of nitrogens with one attached hydrogen (secondary N) is 1. The molecule has 3 aromatic carbocycles. The highest BCUT2D eigenvalue weighted by Crippen LogP contribution is 2.41. The molecule has 0 spiro atoms. The van der Waals surface area contributed by atoms with Crippen LogP contribution in [0.5, 0.6) is 5.75 Å². The summed E-state index contributed by atoms with van der Waals surface area (Å²) in [4.78, 5) is 23.8. The van der Waals surface area contributed by atoms with Crippen LogP contribution in [-0.2, 0) is 20.4 Å². The van der Waals surface area contributed by atoms with E-state index in [4.69, 9.17) is 0 Å². The van der Waals surface area contributed by atoms with E-state index in [-0.39, 0.29) is 15.6 Å². The predicted octanol–water partition coefficient (Wildman–Crippen LogP) is 4.98. The lowest BCUT2D eigenvalue weighted by Crippen LogP contribution is -2.18. The Hall–Kier alpha value is -3.63. The summed E-state index contributed by atoms with van der Waals surface area (Å²) in [6, 6.07) is 14.0. The molecule has 0 atom stereocenters. The van der Waals surface area contributed by atoms with Crippen molar-refractivity contribution < 1.29 is 23.2 Å². The lowest BCUT2D eigenvalue weighted by Gasteiger charge is -2.20. The average molecular weight is 497 g/mol. The molecule has 174 valence electrons. The number of hydrogen-bond acceptors (Lipinski definition) is 7. The van der Waals surface area contributed by atoms with Crippen molar-refractivity contribution in [2.24, 2.45) is 0 Å². The van der Waals surface area contributed by atoms with E-state index in [1.165, 1.54) is 30.3 Å². The molecular weight excluding hydrogens is 476 g/mol. The number of nitrogens with zero attached hydrogens (tertiary/aromatic N) is 1. The highest BCUT2D eigenvalue weighted by Gasteiger charge is 2.25. The van der Waals surface area contributed by atoms with Crippen molar-refractivity contribution in [1.82, 2.24) is 0 Å². The SMILES string of the molecule is Cc1cccc(C)c1CS(=O)(=O)c1ccc2c(c1)S/C(=C\c1ccc(O)c([N+](=O)[O-])c1)C(=O)N2. The molecule has 0 aromatic heterocycles. The molecule has 1 heterocycles. The fourth-order valence-electron chi connectivity index (χ4n) is 3.61. The number of anilines is 1. The zero-order valence-corrected chi connectivity index (χ0v) is 19.9. The lowest BCUT2D eigenvalue weighted by atomic mass is 10.1. The Balaban J connectivity index is 1.67. The van der Waals surface area contributed by atoms with Crippen LogP contribution in [0.3, 0.4) is 0 Å². The molecule has 0 radical (unpaired) electrons. The van der Waals surface area contributed by atoms with Gasteiger partial charge in [-0.3, -0.25) is 14.9 Å². The molecule has 0 bridgehead atoms. The van der Waals surface area contributed by atoms with Crippen LogP contribution < -0.4 is 5.32 Å². The van der Waals surface area contributed by atoms with Gasteiger partial charge in [0.15, 0.2) is 15.6 Å². The number of carbonyl (C=O) groups is 1. The monoisotopic (exact) mass is 496 g/mol. The molecule has 1 aliphatic rings. The van der Waals surface area contributed by atoms with Crippen molar-refractivity contribution >= 4 is 45.0 Å². The summed E-state index contributed by atoms with van der Waals surface area (Å²) in [6.45, 7) is 3.75. The molecular formula is C24H20N2O6S2. The third-order valence-corrected chi connectivity index (χ3v) is 8.20. The number of nitro groups is 1. The van der Waals surface area contributed by atoms with Gasteiger partial charge in [0.2, 0.25) is 0 Å². The Labute approximate surface area is 200 Å². The normalized spacial score (nSPS) is 14.5. The smallest absolute Gasteiger partial charge is 0.311 e. The van der Waals surface area contributed by atoms with Crippen molar-refractivity contribution in [1.29, 1.82) is 0 Å². The first-order chi connectivity index (χ1) is 16.0. The van der Waals surface area contributed by atoms with Gasteiger partial charge in [-0.1, -0.05) is 36.0 Å². The Bertz CT molecular complexity index is 1460. The zero-order chi connectivity index (χ0) is 24.6. The number of thioether (sulfide) groups is 1. The summed E-state index contributed by atoms with van der Waals surface area (Å²) in [7, 11) is -3.65. The average Bonchev–Trinajstić information content (AvgIpc) is 2.77. The fourth-order valence-corrected chi connectivity index (χ4v) is 6.25. The number of hydrogen-bond donors (Lipinski definition) is 2. The molecule has 8 nitrogen and oxygen atoms in total. The number of nitro benzene ring substituents is 1. The summed E-state index contributed by atoms with van der Waals surface area (Å²) in [5, 5.41) is 23.4. The second-order valence-electron chi connectivity index (χ2n) is 7.86. The number of fused-ring (bicyclic) bond motifs is 1. The summed E-state index contributed by atoms with van der Waals surface area (Å²) in [5.74, 6) is -1.03. The van der Waals surface area contributed by atoms with Gasteiger partial charge in [0.1, 0.15) is 0 Å². The van der Waals surface area contributed by atoms with Crippen LogP contribution >= 0.6 is 11.8 Å². The maximum Gasteiger partial charge on any atom is 0.311 e. The predicted molar refractivity (Wildman–Crippen MR) is 130 cm³/mol. The number of carbonyl (C=O) groups excluding carboxylic acids is 1. The largest absolute Gasteiger partial charge is 0.502 e. The second kappa shape index (κ2) is 8.96. The highest BCUT2D eigenvalue weighted by molar-refractivity contribution is 8.04. The summed E-state index contributed by atoms with van der Waals surface area (Å²) in [5.41, 5.74) is 2.92. The minimum Gasteiger partial charge on any atom is -0.502 e. The van der Waals surface area contributed by atoms with Gasteiger partial charge in [-0.15, -0.1) is 0 Å². The highest BCUT2D eigenvalue weighted by atomic mass is 32.2. The lowest BCUT2D eigenvalue weighted by molar-refractivity contribution is -0.385. The standard InChI is InChI=1S/C24H20N2O6S2/c1-14-4-3-5-15(2)18(14)13-34(31,32)17-7-8-19-22(12-17)33-23(24(28)25-19)11-16-6-9-21(27)20(10-16)26(29)30/h3-12,27H,13H2,1-2H3,(H,25,28)/b23-11-. The molecule has 2 N–H and O–H groups in total. The zero-order valence-electron chi connectivity index (χ0n) is 18.2. The van der Waals surface area contributed by atoms with Crippen LogP contribution in [-0.4, -0.2) is 24.4 Å². The molecule has 0 fully saturated rings. The maximum absolute atomic E-state index is 13.2. The molecule has 10 heteroatoms. The van der Waals surface area contributed by atoms with Crippen molar-refractivity contribution in [3.05, 3.63) is 91.9 Å². The number of sulfone groups is 1. The van der Waals surface area contributed by atoms with Crippen LogP contribution in [0.4, 0.5) is 11.4 Å². The number of aromatic hydroxyl groups is 1. The van der Waals surface area contributed by atoms with Gasteiger partial charge in [-0.05, 0) is 66.4 Å². The van der Waals surface area contributed by atoms with Gasteiger partial charge >= 0.3 is 5.69 Å². The van der Waals surface area contributed by atoms with Gasteiger partial charge in [-0.2, -0.15) is 0 Å². The van der Waals surface area contributed by atoms with Gasteiger partial charge in [-0.25, -0.2) is 8.42 Å². The fraction of sp³-hybridized carbons (Fsp3) is 0.125. The van der Waals surface area contributed by atoms with Crippen LogP contribution in [0, 0.1) is 24.0 Å². The van der Waals surface area contributed by atoms with Gasteiger partial charge in [0, 0.05) is 11.0 Å². The van der Waals surface area contributed by atoms with E-state index in [1.807, 2.05) is 32.0 Å². The summed E-state index contributed by atoms with van der Waals surface area (Å²) >= 11 is 1.07. The number of phenolic OH excluding ortho intramolecular Hbond substituents is 1. The van der Waals surface area contributed by atoms with E-state index >= 15 is 0 Å². The molecule has 1 amide bonds. The minimum atomic E-state index is -3.65.